The molecule has 0 bridgehead atoms. The van der Waals surface area contributed by atoms with Gasteiger partial charge in [-0.05, 0) is 30.2 Å². The molecule has 100 valence electrons. The summed E-state index contributed by atoms with van der Waals surface area (Å²) in [4.78, 5) is 20.5. The van der Waals surface area contributed by atoms with Crippen LogP contribution in [0.1, 0.15) is 28.7 Å². The van der Waals surface area contributed by atoms with Crippen molar-refractivity contribution >= 4 is 16.9 Å². The Hall–Kier alpha value is -2.49. The van der Waals surface area contributed by atoms with Crippen molar-refractivity contribution in [2.45, 2.75) is 20.4 Å². The molecule has 0 N–H and O–H groups in total. The zero-order valence-corrected chi connectivity index (χ0v) is 11.5. The maximum Gasteiger partial charge on any atom is 0.195 e. The van der Waals surface area contributed by atoms with Crippen molar-refractivity contribution < 1.29 is 4.79 Å². The molecule has 3 rings (SSSR count). The summed E-state index contributed by atoms with van der Waals surface area (Å²) in [7, 11) is 0. The normalized spacial score (nSPS) is 10.9. The number of hydrogen-bond donors (Lipinski definition) is 0. The molecule has 0 spiro atoms. The lowest BCUT2D eigenvalue weighted by molar-refractivity contribution is 0.100. The van der Waals surface area contributed by atoms with Gasteiger partial charge < -0.3 is 4.57 Å². The summed E-state index contributed by atoms with van der Waals surface area (Å²) < 4.78 is 1.89. The standard InChI is InChI=1S/C16H15N3O/c1-11-6-3-4-7-13(11)10-19-15(12(2)20)18-14-8-5-9-17-16(14)19/h3-9H,10H2,1-2H3. The average molecular weight is 265 g/mol. The molecule has 0 aliphatic carbocycles. The number of rotatable bonds is 3. The average Bonchev–Trinajstić information content (AvgIpc) is 2.81. The molecule has 0 amide bonds. The number of carbonyl (C=O) groups excluding carboxylic acids is 1. The Kier molecular flexibility index (Phi) is 3.06. The minimum Gasteiger partial charge on any atom is -0.302 e. The van der Waals surface area contributed by atoms with Crippen LogP contribution in [0.4, 0.5) is 0 Å². The number of ketones is 1. The smallest absolute Gasteiger partial charge is 0.195 e. The largest absolute Gasteiger partial charge is 0.302 e. The van der Waals surface area contributed by atoms with Crippen LogP contribution in [0.15, 0.2) is 42.6 Å². The number of Topliss-reactive ketones (excluding diaryl/α,β-unsaturated/α-hetero) is 1. The fraction of sp³-hybridized carbons (Fsp3) is 0.188. The third kappa shape index (κ3) is 2.09. The van der Waals surface area contributed by atoms with Gasteiger partial charge in [-0.1, -0.05) is 24.3 Å². The fourth-order valence-corrected chi connectivity index (χ4v) is 2.33. The van der Waals surface area contributed by atoms with Crippen molar-refractivity contribution in [3.63, 3.8) is 0 Å². The van der Waals surface area contributed by atoms with E-state index in [1.165, 1.54) is 18.1 Å². The van der Waals surface area contributed by atoms with Gasteiger partial charge in [0, 0.05) is 13.1 Å². The molecule has 20 heavy (non-hydrogen) atoms. The number of fused-ring (bicyclic) bond motifs is 1. The van der Waals surface area contributed by atoms with E-state index in [9.17, 15) is 4.79 Å². The second-order valence-electron chi connectivity index (χ2n) is 4.85. The Balaban J connectivity index is 2.17. The van der Waals surface area contributed by atoms with E-state index < -0.39 is 0 Å². The molecule has 0 aliphatic heterocycles. The minimum absolute atomic E-state index is 0.0448. The van der Waals surface area contributed by atoms with E-state index in [0.29, 0.717) is 12.4 Å². The van der Waals surface area contributed by atoms with E-state index in [1.807, 2.05) is 28.8 Å². The van der Waals surface area contributed by atoms with Crippen LogP contribution in [-0.4, -0.2) is 20.3 Å². The molecular weight excluding hydrogens is 250 g/mol. The quantitative estimate of drug-likeness (QED) is 0.684. The molecule has 1 aromatic carbocycles. The van der Waals surface area contributed by atoms with Crippen LogP contribution in [0.2, 0.25) is 0 Å². The Morgan fingerprint density at radius 3 is 2.75 bits per heavy atom. The van der Waals surface area contributed by atoms with Crippen molar-refractivity contribution in [1.82, 2.24) is 14.5 Å². The van der Waals surface area contributed by atoms with Crippen LogP contribution in [0.3, 0.4) is 0 Å². The maximum absolute atomic E-state index is 11.8. The summed E-state index contributed by atoms with van der Waals surface area (Å²) >= 11 is 0. The van der Waals surface area contributed by atoms with Gasteiger partial charge in [0.05, 0.1) is 6.54 Å². The lowest BCUT2D eigenvalue weighted by Crippen LogP contribution is -2.10. The van der Waals surface area contributed by atoms with Crippen LogP contribution in [0, 0.1) is 6.92 Å². The van der Waals surface area contributed by atoms with Gasteiger partial charge in [0.2, 0.25) is 0 Å². The number of pyridine rings is 1. The number of imidazole rings is 1. The van der Waals surface area contributed by atoms with Crippen LogP contribution < -0.4 is 0 Å². The molecule has 0 radical (unpaired) electrons. The van der Waals surface area contributed by atoms with Crippen molar-refractivity contribution in [2.24, 2.45) is 0 Å². The topological polar surface area (TPSA) is 47.8 Å². The third-order valence-corrected chi connectivity index (χ3v) is 3.41. The van der Waals surface area contributed by atoms with Crippen LogP contribution in [-0.2, 0) is 6.54 Å². The van der Waals surface area contributed by atoms with Crippen molar-refractivity contribution in [3.8, 4) is 0 Å². The van der Waals surface area contributed by atoms with E-state index in [4.69, 9.17) is 0 Å². The highest BCUT2D eigenvalue weighted by atomic mass is 16.1. The first-order chi connectivity index (χ1) is 9.66. The molecule has 0 saturated carbocycles. The second kappa shape index (κ2) is 4.89. The van der Waals surface area contributed by atoms with Gasteiger partial charge in [-0.25, -0.2) is 9.97 Å². The number of aryl methyl sites for hydroxylation is 1. The molecule has 4 nitrogen and oxygen atoms in total. The number of nitrogens with zero attached hydrogens (tertiary/aromatic N) is 3. The summed E-state index contributed by atoms with van der Waals surface area (Å²) in [5, 5.41) is 0. The fourth-order valence-electron chi connectivity index (χ4n) is 2.33. The van der Waals surface area contributed by atoms with Crippen molar-refractivity contribution in [1.29, 1.82) is 0 Å². The Morgan fingerprint density at radius 1 is 1.20 bits per heavy atom. The van der Waals surface area contributed by atoms with Gasteiger partial charge >= 0.3 is 0 Å². The van der Waals surface area contributed by atoms with E-state index in [-0.39, 0.29) is 5.78 Å². The summed E-state index contributed by atoms with van der Waals surface area (Å²) in [6, 6.07) is 11.8. The molecule has 0 saturated heterocycles. The first kappa shape index (κ1) is 12.5. The van der Waals surface area contributed by atoms with Crippen LogP contribution in [0.25, 0.3) is 11.2 Å². The minimum atomic E-state index is -0.0448. The molecule has 2 heterocycles. The molecule has 3 aromatic rings. The van der Waals surface area contributed by atoms with E-state index in [0.717, 1.165) is 11.2 Å². The lowest BCUT2D eigenvalue weighted by atomic mass is 10.1. The summed E-state index contributed by atoms with van der Waals surface area (Å²) in [5.41, 5.74) is 3.87. The Morgan fingerprint density at radius 2 is 2.00 bits per heavy atom. The van der Waals surface area contributed by atoms with Gasteiger partial charge in [0.15, 0.2) is 17.3 Å². The highest BCUT2D eigenvalue weighted by Crippen LogP contribution is 2.17. The first-order valence-electron chi connectivity index (χ1n) is 6.53. The molecule has 2 aromatic heterocycles. The molecule has 0 fully saturated rings. The van der Waals surface area contributed by atoms with Crippen LogP contribution >= 0.6 is 0 Å². The monoisotopic (exact) mass is 265 g/mol. The van der Waals surface area contributed by atoms with E-state index >= 15 is 0 Å². The van der Waals surface area contributed by atoms with Gasteiger partial charge in [-0.15, -0.1) is 0 Å². The van der Waals surface area contributed by atoms with Gasteiger partial charge in [-0.3, -0.25) is 4.79 Å². The number of benzene rings is 1. The third-order valence-electron chi connectivity index (χ3n) is 3.41. The molecule has 4 heteroatoms. The summed E-state index contributed by atoms with van der Waals surface area (Å²) in [6.45, 7) is 4.21. The van der Waals surface area contributed by atoms with Gasteiger partial charge in [0.1, 0.15) is 5.52 Å². The summed E-state index contributed by atoms with van der Waals surface area (Å²) in [6.07, 6.45) is 1.72. The number of aromatic nitrogens is 3. The predicted octanol–water partition coefficient (Wildman–Crippen LogP) is 2.99. The van der Waals surface area contributed by atoms with Crippen LogP contribution in [0.5, 0.6) is 0 Å². The second-order valence-corrected chi connectivity index (χ2v) is 4.85. The molecule has 0 aliphatic rings. The predicted molar refractivity (Wildman–Crippen MR) is 77.8 cm³/mol. The Labute approximate surface area is 117 Å². The molecule has 0 unspecified atom stereocenters. The zero-order chi connectivity index (χ0) is 14.1. The Bertz CT molecular complexity index is 789. The molecule has 0 atom stereocenters. The lowest BCUT2D eigenvalue weighted by Gasteiger charge is -2.09. The number of hydrogen-bond acceptors (Lipinski definition) is 3. The maximum atomic E-state index is 11.8. The van der Waals surface area contributed by atoms with Crippen molar-refractivity contribution in [3.05, 3.63) is 59.5 Å². The highest BCUT2D eigenvalue weighted by molar-refractivity contribution is 5.94. The summed E-state index contributed by atoms with van der Waals surface area (Å²) in [5.74, 6) is 0.415. The molecular formula is C16H15N3O. The zero-order valence-electron chi connectivity index (χ0n) is 11.5. The first-order valence-corrected chi connectivity index (χ1v) is 6.53. The van der Waals surface area contributed by atoms with E-state index in [1.54, 1.807) is 6.20 Å². The number of carbonyl (C=O) groups is 1. The van der Waals surface area contributed by atoms with E-state index in [2.05, 4.69) is 29.0 Å². The SMILES string of the molecule is CC(=O)c1nc2cccnc2n1Cc1ccccc1C. The van der Waals surface area contributed by atoms with Gasteiger partial charge in [-0.2, -0.15) is 0 Å². The van der Waals surface area contributed by atoms with Gasteiger partial charge in [0.25, 0.3) is 0 Å². The highest BCUT2D eigenvalue weighted by Gasteiger charge is 2.15. The van der Waals surface area contributed by atoms with Crippen molar-refractivity contribution in [2.75, 3.05) is 0 Å².